The monoisotopic (exact) mass is 275 g/mol. The molecule has 0 aliphatic heterocycles. The fourth-order valence-corrected chi connectivity index (χ4v) is 1.23. The van der Waals surface area contributed by atoms with E-state index in [9.17, 15) is 4.79 Å². The van der Waals surface area contributed by atoms with E-state index in [1.54, 1.807) is 6.92 Å². The molecule has 4 nitrogen and oxygen atoms in total. The highest BCUT2D eigenvalue weighted by atomic mass is 35.5. The predicted molar refractivity (Wildman–Crippen MR) is 69.7 cm³/mol. The molecule has 0 aliphatic carbocycles. The standard InChI is InChI=1S/C10H21NO3.2ClH/c1-3-4-5-9(10(13)14)7-11-6-8(2)12;;/h8-9,11-12H,3-7H2,1-2H3,(H,13,14);2*1H/t8-,9?;;/m1../s1. The summed E-state index contributed by atoms with van der Waals surface area (Å²) in [7, 11) is 0. The molecule has 6 heteroatoms. The molecule has 0 saturated carbocycles. The van der Waals surface area contributed by atoms with Crippen molar-refractivity contribution in [3.8, 4) is 0 Å². The van der Waals surface area contributed by atoms with E-state index >= 15 is 0 Å². The Morgan fingerprint density at radius 3 is 2.25 bits per heavy atom. The second-order valence-corrected chi connectivity index (χ2v) is 3.68. The van der Waals surface area contributed by atoms with Gasteiger partial charge in [-0.25, -0.2) is 0 Å². The molecule has 0 aromatic heterocycles. The lowest BCUT2D eigenvalue weighted by molar-refractivity contribution is -0.141. The molecule has 0 amide bonds. The van der Waals surface area contributed by atoms with Crippen molar-refractivity contribution in [2.45, 2.75) is 39.2 Å². The number of unbranched alkanes of at least 4 members (excludes halogenated alkanes) is 1. The Morgan fingerprint density at radius 1 is 1.31 bits per heavy atom. The topological polar surface area (TPSA) is 69.6 Å². The number of carboxylic acid groups (broad SMARTS) is 1. The van der Waals surface area contributed by atoms with Crippen LogP contribution >= 0.6 is 24.8 Å². The van der Waals surface area contributed by atoms with Gasteiger partial charge in [-0.15, -0.1) is 24.8 Å². The molecule has 0 aliphatic rings. The minimum atomic E-state index is -0.753. The third-order valence-electron chi connectivity index (χ3n) is 2.09. The van der Waals surface area contributed by atoms with Crippen LogP contribution in [0.3, 0.4) is 0 Å². The zero-order valence-electron chi connectivity index (χ0n) is 9.81. The SMILES string of the molecule is CCCCC(CNC[C@@H](C)O)C(=O)O.Cl.Cl. The van der Waals surface area contributed by atoms with Crippen LogP contribution in [-0.4, -0.2) is 35.4 Å². The van der Waals surface area contributed by atoms with E-state index in [0.29, 0.717) is 19.5 Å². The van der Waals surface area contributed by atoms with Crippen LogP contribution in [0.4, 0.5) is 0 Å². The second-order valence-electron chi connectivity index (χ2n) is 3.68. The van der Waals surface area contributed by atoms with Crippen molar-refractivity contribution < 1.29 is 15.0 Å². The van der Waals surface area contributed by atoms with Gasteiger partial charge in [0.2, 0.25) is 0 Å². The van der Waals surface area contributed by atoms with Gasteiger partial charge in [0.1, 0.15) is 0 Å². The molecule has 0 bridgehead atoms. The number of hydrogen-bond acceptors (Lipinski definition) is 3. The molecule has 3 N–H and O–H groups in total. The Hall–Kier alpha value is -0.0300. The van der Waals surface area contributed by atoms with Crippen molar-refractivity contribution in [3.63, 3.8) is 0 Å². The molecule has 16 heavy (non-hydrogen) atoms. The minimum absolute atomic E-state index is 0. The van der Waals surface area contributed by atoms with Gasteiger partial charge in [0.05, 0.1) is 12.0 Å². The van der Waals surface area contributed by atoms with E-state index in [0.717, 1.165) is 12.8 Å². The molecular formula is C10H23Cl2NO3. The molecule has 0 aromatic rings. The van der Waals surface area contributed by atoms with Gasteiger partial charge in [-0.3, -0.25) is 4.79 Å². The highest BCUT2D eigenvalue weighted by molar-refractivity contribution is 5.85. The van der Waals surface area contributed by atoms with Crippen LogP contribution < -0.4 is 5.32 Å². The summed E-state index contributed by atoms with van der Waals surface area (Å²) < 4.78 is 0. The van der Waals surface area contributed by atoms with E-state index < -0.39 is 12.1 Å². The van der Waals surface area contributed by atoms with Gasteiger partial charge in [-0.2, -0.15) is 0 Å². The summed E-state index contributed by atoms with van der Waals surface area (Å²) in [5.41, 5.74) is 0. The summed E-state index contributed by atoms with van der Waals surface area (Å²) in [5.74, 6) is -1.08. The van der Waals surface area contributed by atoms with Crippen molar-refractivity contribution in [1.29, 1.82) is 0 Å². The van der Waals surface area contributed by atoms with E-state index in [1.165, 1.54) is 0 Å². The maximum Gasteiger partial charge on any atom is 0.307 e. The average molecular weight is 276 g/mol. The van der Waals surface area contributed by atoms with Gasteiger partial charge in [-0.1, -0.05) is 19.8 Å². The number of nitrogens with one attached hydrogen (secondary N) is 1. The minimum Gasteiger partial charge on any atom is -0.481 e. The first-order valence-electron chi connectivity index (χ1n) is 5.19. The van der Waals surface area contributed by atoms with Gasteiger partial charge in [0, 0.05) is 13.1 Å². The maximum absolute atomic E-state index is 10.8. The Kier molecular flexibility index (Phi) is 17.3. The number of halogens is 2. The lowest BCUT2D eigenvalue weighted by Gasteiger charge is -2.13. The summed E-state index contributed by atoms with van der Waals surface area (Å²) in [5, 5.41) is 20.8. The van der Waals surface area contributed by atoms with Crippen molar-refractivity contribution in [2.24, 2.45) is 5.92 Å². The highest BCUT2D eigenvalue weighted by Crippen LogP contribution is 2.07. The fraction of sp³-hybridized carbons (Fsp3) is 0.900. The Bertz CT molecular complexity index is 168. The van der Waals surface area contributed by atoms with Gasteiger partial charge >= 0.3 is 5.97 Å². The van der Waals surface area contributed by atoms with Crippen LogP contribution in [-0.2, 0) is 4.79 Å². The zero-order chi connectivity index (χ0) is 11.0. The van der Waals surface area contributed by atoms with Crippen LogP contribution in [0.25, 0.3) is 0 Å². The summed E-state index contributed by atoms with van der Waals surface area (Å²) in [6.45, 7) is 4.62. The molecule has 0 radical (unpaired) electrons. The van der Waals surface area contributed by atoms with E-state index in [2.05, 4.69) is 5.32 Å². The first-order valence-corrected chi connectivity index (χ1v) is 5.19. The Balaban J connectivity index is -0.000000845. The number of rotatable bonds is 8. The highest BCUT2D eigenvalue weighted by Gasteiger charge is 2.15. The smallest absolute Gasteiger partial charge is 0.307 e. The second kappa shape index (κ2) is 13.0. The molecular weight excluding hydrogens is 253 g/mol. The van der Waals surface area contributed by atoms with Crippen molar-refractivity contribution >= 4 is 30.8 Å². The first-order chi connectivity index (χ1) is 6.57. The summed E-state index contributed by atoms with van der Waals surface area (Å²) in [6, 6.07) is 0. The number of carboxylic acids is 1. The van der Waals surface area contributed by atoms with Crippen molar-refractivity contribution in [1.82, 2.24) is 5.32 Å². The lowest BCUT2D eigenvalue weighted by atomic mass is 10.0. The largest absolute Gasteiger partial charge is 0.481 e. The molecule has 0 spiro atoms. The van der Waals surface area contributed by atoms with Crippen molar-refractivity contribution in [2.75, 3.05) is 13.1 Å². The van der Waals surface area contributed by atoms with Gasteiger partial charge in [-0.05, 0) is 13.3 Å². The summed E-state index contributed by atoms with van der Waals surface area (Å²) in [6.07, 6.45) is 2.24. The Labute approximate surface area is 110 Å². The normalized spacial score (nSPS) is 13.2. The number of aliphatic hydroxyl groups is 1. The number of aliphatic carboxylic acids is 1. The van der Waals surface area contributed by atoms with Gasteiger partial charge in [0.15, 0.2) is 0 Å². The van der Waals surface area contributed by atoms with Crippen LogP contribution in [0.5, 0.6) is 0 Å². The quantitative estimate of drug-likeness (QED) is 0.631. The number of aliphatic hydroxyl groups excluding tert-OH is 1. The number of carbonyl (C=O) groups is 1. The fourth-order valence-electron chi connectivity index (χ4n) is 1.23. The average Bonchev–Trinajstić information content (AvgIpc) is 2.09. The van der Waals surface area contributed by atoms with Gasteiger partial charge in [0.25, 0.3) is 0 Å². The molecule has 1 unspecified atom stereocenters. The molecule has 0 rings (SSSR count). The van der Waals surface area contributed by atoms with E-state index in [4.69, 9.17) is 10.2 Å². The Morgan fingerprint density at radius 2 is 1.88 bits per heavy atom. The lowest BCUT2D eigenvalue weighted by Crippen LogP contribution is -2.32. The van der Waals surface area contributed by atoms with Crippen LogP contribution in [0.1, 0.15) is 33.1 Å². The third-order valence-corrected chi connectivity index (χ3v) is 2.09. The molecule has 0 aromatic carbocycles. The molecule has 0 heterocycles. The number of hydrogen-bond donors (Lipinski definition) is 3. The van der Waals surface area contributed by atoms with E-state index in [1.807, 2.05) is 6.92 Å². The molecule has 0 fully saturated rings. The van der Waals surface area contributed by atoms with Crippen LogP contribution in [0.15, 0.2) is 0 Å². The van der Waals surface area contributed by atoms with Crippen LogP contribution in [0, 0.1) is 5.92 Å². The zero-order valence-corrected chi connectivity index (χ0v) is 11.4. The molecule has 0 saturated heterocycles. The molecule has 100 valence electrons. The first kappa shape index (κ1) is 21.3. The third kappa shape index (κ3) is 12.0. The van der Waals surface area contributed by atoms with Crippen LogP contribution in [0.2, 0.25) is 0 Å². The predicted octanol–water partition coefficient (Wildman–Crippen LogP) is 1.69. The summed E-state index contributed by atoms with van der Waals surface area (Å²) in [4.78, 5) is 10.8. The maximum atomic E-state index is 10.8. The molecule has 2 atom stereocenters. The van der Waals surface area contributed by atoms with Crippen molar-refractivity contribution in [3.05, 3.63) is 0 Å². The van der Waals surface area contributed by atoms with Gasteiger partial charge < -0.3 is 15.5 Å². The summed E-state index contributed by atoms with van der Waals surface area (Å²) >= 11 is 0. The van der Waals surface area contributed by atoms with E-state index in [-0.39, 0.29) is 30.7 Å².